The topological polar surface area (TPSA) is 88.4 Å². The number of pyridine rings is 1. The Morgan fingerprint density at radius 3 is 2.42 bits per heavy atom. The Morgan fingerprint density at radius 1 is 1.17 bits per heavy atom. The van der Waals surface area contributed by atoms with Gasteiger partial charge in [-0.3, -0.25) is 14.4 Å². The summed E-state index contributed by atoms with van der Waals surface area (Å²) in [7, 11) is 1.55. The standard InChI is InChI=1S/C18H20N2O4/c1-3-18(17(23)24,13-8-5-4-6-9-13)12-19-15(21)14-10-7-11-20(2)16(14)22/h4-11H,3,12H2,1-2H3,(H,19,21)(H,23,24). The Labute approximate surface area is 139 Å². The van der Waals surface area contributed by atoms with Crippen LogP contribution in [-0.4, -0.2) is 28.1 Å². The smallest absolute Gasteiger partial charge is 0.315 e. The van der Waals surface area contributed by atoms with Crippen molar-refractivity contribution in [1.29, 1.82) is 0 Å². The summed E-state index contributed by atoms with van der Waals surface area (Å²) in [6, 6.07) is 11.8. The molecule has 6 heteroatoms. The Morgan fingerprint density at radius 2 is 1.83 bits per heavy atom. The molecule has 1 aromatic carbocycles. The Balaban J connectivity index is 2.29. The van der Waals surface area contributed by atoms with E-state index < -0.39 is 22.9 Å². The van der Waals surface area contributed by atoms with Gasteiger partial charge in [-0.1, -0.05) is 37.3 Å². The lowest BCUT2D eigenvalue weighted by Gasteiger charge is -2.29. The van der Waals surface area contributed by atoms with Crippen LogP contribution in [-0.2, 0) is 17.3 Å². The molecule has 0 aliphatic rings. The summed E-state index contributed by atoms with van der Waals surface area (Å²) in [5, 5.41) is 12.3. The van der Waals surface area contributed by atoms with E-state index in [0.717, 1.165) is 0 Å². The first-order chi connectivity index (χ1) is 11.4. The zero-order valence-corrected chi connectivity index (χ0v) is 13.7. The van der Waals surface area contributed by atoms with Crippen LogP contribution in [0.3, 0.4) is 0 Å². The van der Waals surface area contributed by atoms with E-state index in [9.17, 15) is 19.5 Å². The van der Waals surface area contributed by atoms with Crippen molar-refractivity contribution in [1.82, 2.24) is 9.88 Å². The van der Waals surface area contributed by atoms with Crippen LogP contribution in [0.15, 0.2) is 53.5 Å². The Bertz CT molecular complexity index is 798. The minimum absolute atomic E-state index is 0.0107. The van der Waals surface area contributed by atoms with Crippen molar-refractivity contribution in [3.63, 3.8) is 0 Å². The molecule has 6 nitrogen and oxygen atoms in total. The fraction of sp³-hybridized carbons (Fsp3) is 0.278. The van der Waals surface area contributed by atoms with Crippen LogP contribution in [0.25, 0.3) is 0 Å². The van der Waals surface area contributed by atoms with E-state index in [0.29, 0.717) is 12.0 Å². The van der Waals surface area contributed by atoms with E-state index in [1.807, 2.05) is 0 Å². The highest BCUT2D eigenvalue weighted by atomic mass is 16.4. The van der Waals surface area contributed by atoms with Crippen molar-refractivity contribution in [2.45, 2.75) is 18.8 Å². The third kappa shape index (κ3) is 3.22. The second kappa shape index (κ2) is 7.12. The first-order valence-electron chi connectivity index (χ1n) is 7.65. The molecule has 1 atom stereocenters. The fourth-order valence-electron chi connectivity index (χ4n) is 2.64. The molecule has 0 bridgehead atoms. The van der Waals surface area contributed by atoms with Crippen LogP contribution in [0.1, 0.15) is 29.3 Å². The van der Waals surface area contributed by atoms with E-state index in [4.69, 9.17) is 0 Å². The predicted octanol–water partition coefficient (Wildman–Crippen LogP) is 1.55. The molecule has 126 valence electrons. The van der Waals surface area contributed by atoms with Crippen LogP contribution in [0.5, 0.6) is 0 Å². The second-order valence-corrected chi connectivity index (χ2v) is 5.63. The molecule has 0 saturated heterocycles. The number of aryl methyl sites for hydroxylation is 1. The van der Waals surface area contributed by atoms with Gasteiger partial charge >= 0.3 is 5.97 Å². The molecular formula is C18H20N2O4. The summed E-state index contributed by atoms with van der Waals surface area (Å²) < 4.78 is 1.30. The van der Waals surface area contributed by atoms with E-state index >= 15 is 0 Å². The van der Waals surface area contributed by atoms with Crippen LogP contribution < -0.4 is 10.9 Å². The lowest BCUT2D eigenvalue weighted by atomic mass is 9.78. The molecule has 0 aliphatic heterocycles. The highest BCUT2D eigenvalue weighted by molar-refractivity contribution is 5.94. The number of carbonyl (C=O) groups is 2. The summed E-state index contributed by atoms with van der Waals surface area (Å²) in [4.78, 5) is 36.2. The summed E-state index contributed by atoms with van der Waals surface area (Å²) >= 11 is 0. The second-order valence-electron chi connectivity index (χ2n) is 5.63. The number of amides is 1. The van der Waals surface area contributed by atoms with Gasteiger partial charge in [0.15, 0.2) is 0 Å². The van der Waals surface area contributed by atoms with Gasteiger partial charge in [0.1, 0.15) is 11.0 Å². The summed E-state index contributed by atoms with van der Waals surface area (Å²) in [5.74, 6) is -1.59. The summed E-state index contributed by atoms with van der Waals surface area (Å²) in [6.45, 7) is 1.66. The fourth-order valence-corrected chi connectivity index (χ4v) is 2.64. The molecule has 1 unspecified atom stereocenters. The average Bonchev–Trinajstić information content (AvgIpc) is 2.58. The number of aliphatic carboxylic acids is 1. The van der Waals surface area contributed by atoms with E-state index in [2.05, 4.69) is 5.32 Å². The van der Waals surface area contributed by atoms with E-state index in [-0.39, 0.29) is 12.1 Å². The molecule has 0 fully saturated rings. The maximum Gasteiger partial charge on any atom is 0.315 e. The molecule has 2 rings (SSSR count). The molecule has 24 heavy (non-hydrogen) atoms. The molecule has 1 heterocycles. The number of carboxylic acids is 1. The van der Waals surface area contributed by atoms with Gasteiger partial charge in [0.05, 0.1) is 0 Å². The van der Waals surface area contributed by atoms with Crippen molar-refractivity contribution in [3.8, 4) is 0 Å². The maximum atomic E-state index is 12.3. The zero-order valence-electron chi connectivity index (χ0n) is 13.7. The Hall–Kier alpha value is -2.89. The molecule has 2 aromatic rings. The third-order valence-corrected chi connectivity index (χ3v) is 4.26. The minimum Gasteiger partial charge on any atom is -0.481 e. The zero-order chi connectivity index (χ0) is 17.7. The molecule has 0 spiro atoms. The van der Waals surface area contributed by atoms with Crippen molar-refractivity contribution < 1.29 is 14.7 Å². The summed E-state index contributed by atoms with van der Waals surface area (Å²) in [5.41, 5.74) is -1.06. The number of rotatable bonds is 6. The van der Waals surface area contributed by atoms with Crippen molar-refractivity contribution in [3.05, 3.63) is 70.1 Å². The SMILES string of the molecule is CCC(CNC(=O)c1cccn(C)c1=O)(C(=O)O)c1ccccc1. The largest absolute Gasteiger partial charge is 0.481 e. The van der Waals surface area contributed by atoms with Gasteiger partial charge in [-0.2, -0.15) is 0 Å². The number of benzene rings is 1. The number of aromatic nitrogens is 1. The van der Waals surface area contributed by atoms with Gasteiger partial charge in [0.25, 0.3) is 11.5 Å². The van der Waals surface area contributed by atoms with Crippen LogP contribution in [0, 0.1) is 0 Å². The highest BCUT2D eigenvalue weighted by Gasteiger charge is 2.39. The summed E-state index contributed by atoms with van der Waals surface area (Å²) in [6.07, 6.45) is 1.86. The number of carboxylic acid groups (broad SMARTS) is 1. The maximum absolute atomic E-state index is 12.3. The first-order valence-corrected chi connectivity index (χ1v) is 7.65. The minimum atomic E-state index is -1.24. The van der Waals surface area contributed by atoms with Gasteiger partial charge in [-0.25, -0.2) is 0 Å². The molecule has 0 aliphatic carbocycles. The lowest BCUT2D eigenvalue weighted by Crippen LogP contribution is -2.47. The molecule has 1 amide bonds. The van der Waals surface area contributed by atoms with Crippen molar-refractivity contribution in [2.24, 2.45) is 7.05 Å². The molecule has 0 radical (unpaired) electrons. The lowest BCUT2D eigenvalue weighted by molar-refractivity contribution is -0.143. The van der Waals surface area contributed by atoms with E-state index in [1.165, 1.54) is 10.6 Å². The van der Waals surface area contributed by atoms with Gasteiger partial charge in [-0.05, 0) is 24.1 Å². The predicted molar refractivity (Wildman–Crippen MR) is 90.1 cm³/mol. The van der Waals surface area contributed by atoms with Gasteiger partial charge in [-0.15, -0.1) is 0 Å². The molecular weight excluding hydrogens is 308 g/mol. The molecule has 2 N–H and O–H groups in total. The normalized spacial score (nSPS) is 13.1. The van der Waals surface area contributed by atoms with Gasteiger partial charge < -0.3 is 15.0 Å². The first kappa shape index (κ1) is 17.5. The quantitative estimate of drug-likeness (QED) is 0.842. The third-order valence-electron chi connectivity index (χ3n) is 4.26. The van der Waals surface area contributed by atoms with E-state index in [1.54, 1.807) is 56.6 Å². The highest BCUT2D eigenvalue weighted by Crippen LogP contribution is 2.27. The van der Waals surface area contributed by atoms with Gasteiger partial charge in [0.2, 0.25) is 0 Å². The van der Waals surface area contributed by atoms with Crippen molar-refractivity contribution in [2.75, 3.05) is 6.54 Å². The van der Waals surface area contributed by atoms with Crippen LogP contribution in [0.4, 0.5) is 0 Å². The van der Waals surface area contributed by atoms with Crippen molar-refractivity contribution >= 4 is 11.9 Å². The molecule has 1 aromatic heterocycles. The molecule has 0 saturated carbocycles. The number of hydrogen-bond donors (Lipinski definition) is 2. The number of hydrogen-bond acceptors (Lipinski definition) is 3. The number of carbonyl (C=O) groups excluding carboxylic acids is 1. The number of nitrogens with zero attached hydrogens (tertiary/aromatic N) is 1. The monoisotopic (exact) mass is 328 g/mol. The van der Waals surface area contributed by atoms with Crippen LogP contribution >= 0.6 is 0 Å². The Kier molecular flexibility index (Phi) is 5.18. The van der Waals surface area contributed by atoms with Crippen LogP contribution in [0.2, 0.25) is 0 Å². The number of nitrogens with one attached hydrogen (secondary N) is 1. The average molecular weight is 328 g/mol. The van der Waals surface area contributed by atoms with Gasteiger partial charge in [0, 0.05) is 19.8 Å².